The van der Waals surface area contributed by atoms with Gasteiger partial charge >= 0.3 is 12.7 Å². The van der Waals surface area contributed by atoms with E-state index in [9.17, 15) is 26.4 Å². The number of rotatable bonds is 5. The minimum Gasteiger partial charge on any atom is -0.356 e. The predicted octanol–water partition coefficient (Wildman–Crippen LogP) is 0.965. The van der Waals surface area contributed by atoms with Crippen LogP contribution < -0.4 is 0 Å². The number of ether oxygens (including phenoxy) is 1. The number of aliphatic hydroxyl groups is 1. The lowest BCUT2D eigenvalue weighted by Crippen LogP contribution is -2.37. The molecule has 0 saturated heterocycles. The molecular weight excluding hydrogens is 254 g/mol. The lowest BCUT2D eigenvalue weighted by Gasteiger charge is -2.19. The van der Waals surface area contributed by atoms with Crippen LogP contribution in [-0.2, 0) is 14.4 Å². The van der Waals surface area contributed by atoms with Crippen molar-refractivity contribution in [3.8, 4) is 6.07 Å². The molecule has 0 amide bonds. The van der Waals surface area contributed by atoms with Gasteiger partial charge in [0.1, 0.15) is 11.5 Å². The second kappa shape index (κ2) is 5.27. The lowest BCUT2D eigenvalue weighted by atomic mass is 10.7. The van der Waals surface area contributed by atoms with Crippen molar-refractivity contribution in [3.05, 3.63) is 0 Å². The summed E-state index contributed by atoms with van der Waals surface area (Å²) in [5.41, 5.74) is -2.23. The minimum atomic E-state index is -5.61. The van der Waals surface area contributed by atoms with Gasteiger partial charge in [0.05, 0.1) is 0 Å². The number of hydrogen-bond acceptors (Lipinski definition) is 6. The average molecular weight is 256 g/mol. The molecule has 16 heavy (non-hydrogen) atoms. The van der Waals surface area contributed by atoms with Gasteiger partial charge in [-0.1, -0.05) is 4.48 Å². The summed E-state index contributed by atoms with van der Waals surface area (Å²) in [4.78, 5) is 4.75. The molecule has 0 radical (unpaired) electrons. The zero-order valence-electron chi connectivity index (χ0n) is 6.91. The summed E-state index contributed by atoms with van der Waals surface area (Å²) < 4.78 is 73.0. The normalized spacial score (nSPS) is 14.9. The highest BCUT2D eigenvalue weighted by atomic mass is 19.4. The maximum absolute atomic E-state index is 12.2. The van der Waals surface area contributed by atoms with E-state index in [4.69, 9.17) is 10.4 Å². The SMILES string of the molecule is N#CC(O)OC(F)(F)ON(F)OC(F)(F)F. The number of aliphatic hydroxyl groups excluding tert-OH is 1. The number of nitrogens with zero attached hydrogens (tertiary/aromatic N) is 2. The van der Waals surface area contributed by atoms with Gasteiger partial charge in [-0.25, -0.2) is 0 Å². The fourth-order valence-corrected chi connectivity index (χ4v) is 0.361. The Morgan fingerprint density at radius 2 is 1.69 bits per heavy atom. The Morgan fingerprint density at radius 1 is 1.19 bits per heavy atom. The van der Waals surface area contributed by atoms with E-state index in [2.05, 4.69) is 14.4 Å². The molecule has 0 aromatic carbocycles. The number of hydrogen-bond donors (Lipinski definition) is 1. The smallest absolute Gasteiger partial charge is 0.356 e. The van der Waals surface area contributed by atoms with Crippen molar-refractivity contribution in [1.82, 2.24) is 5.45 Å². The van der Waals surface area contributed by atoms with Crippen LogP contribution in [0.4, 0.5) is 26.4 Å². The van der Waals surface area contributed by atoms with Crippen molar-refractivity contribution in [2.45, 2.75) is 18.9 Å². The van der Waals surface area contributed by atoms with Crippen LogP contribution in [0.2, 0.25) is 0 Å². The first kappa shape index (κ1) is 14.9. The van der Waals surface area contributed by atoms with E-state index in [0.29, 0.717) is 6.07 Å². The van der Waals surface area contributed by atoms with Crippen LogP contribution in [0.3, 0.4) is 0 Å². The predicted molar refractivity (Wildman–Crippen MR) is 28.8 cm³/mol. The van der Waals surface area contributed by atoms with Crippen LogP contribution in [0, 0.1) is 11.3 Å². The Bertz CT molecular complexity index is 264. The second-order valence-electron chi connectivity index (χ2n) is 1.90. The van der Waals surface area contributed by atoms with E-state index in [1.54, 1.807) is 0 Å². The van der Waals surface area contributed by atoms with E-state index in [0.717, 1.165) is 0 Å². The van der Waals surface area contributed by atoms with E-state index in [-0.39, 0.29) is 0 Å². The molecule has 0 aromatic rings. The van der Waals surface area contributed by atoms with Gasteiger partial charge in [0.15, 0.2) is 0 Å². The van der Waals surface area contributed by atoms with Crippen LogP contribution in [0.5, 0.6) is 0 Å². The fraction of sp³-hybridized carbons (Fsp3) is 0.750. The first-order chi connectivity index (χ1) is 7.06. The van der Waals surface area contributed by atoms with Crippen LogP contribution in [-0.4, -0.2) is 29.5 Å². The van der Waals surface area contributed by atoms with E-state index < -0.39 is 24.4 Å². The third-order valence-corrected chi connectivity index (χ3v) is 0.713. The van der Waals surface area contributed by atoms with E-state index >= 15 is 0 Å². The summed E-state index contributed by atoms with van der Waals surface area (Å²) in [5.74, 6) is 0. The van der Waals surface area contributed by atoms with Gasteiger partial charge in [0.2, 0.25) is 0 Å². The van der Waals surface area contributed by atoms with Crippen LogP contribution >= 0.6 is 0 Å². The molecular formula is C4H2F6N2O4. The highest BCUT2D eigenvalue weighted by Gasteiger charge is 2.43. The quantitative estimate of drug-likeness (QED) is 0.259. The standard InChI is InChI=1S/C4H2F6N2O4/c5-3(6,7)15-12(10)16-4(8,9)14-2(13)1-11/h2,13H. The average Bonchev–Trinajstić information content (AvgIpc) is 1.97. The number of halogens is 6. The highest BCUT2D eigenvalue weighted by Crippen LogP contribution is 2.25. The third-order valence-electron chi connectivity index (χ3n) is 0.713. The van der Waals surface area contributed by atoms with Crippen LogP contribution in [0.1, 0.15) is 0 Å². The molecule has 0 spiro atoms. The molecule has 0 aliphatic carbocycles. The zero-order chi connectivity index (χ0) is 13.0. The monoisotopic (exact) mass is 256 g/mol. The lowest BCUT2D eigenvalue weighted by molar-refractivity contribution is -0.626. The molecule has 1 N–H and O–H groups in total. The second-order valence-corrected chi connectivity index (χ2v) is 1.90. The molecule has 6 nitrogen and oxygen atoms in total. The molecule has 0 heterocycles. The third kappa shape index (κ3) is 7.20. The Labute approximate surface area is 83.0 Å². The Balaban J connectivity index is 4.21. The molecule has 0 aromatic heterocycles. The summed E-state index contributed by atoms with van der Waals surface area (Å²) in [7, 11) is 0. The summed E-state index contributed by atoms with van der Waals surface area (Å²) >= 11 is 0. The Hall–Kier alpha value is -1.13. The molecule has 0 bridgehead atoms. The van der Waals surface area contributed by atoms with Gasteiger partial charge in [-0.05, 0) is 0 Å². The minimum absolute atomic E-state index is 0.712. The van der Waals surface area contributed by atoms with Gasteiger partial charge < -0.3 is 5.11 Å². The van der Waals surface area contributed by atoms with Gasteiger partial charge in [-0.2, -0.15) is 5.26 Å². The van der Waals surface area contributed by atoms with E-state index in [1.165, 1.54) is 0 Å². The number of nitriles is 1. The van der Waals surface area contributed by atoms with Crippen molar-refractivity contribution in [3.63, 3.8) is 0 Å². The number of alkyl halides is 5. The topological polar surface area (TPSA) is 75.0 Å². The van der Waals surface area contributed by atoms with Crippen molar-refractivity contribution >= 4 is 0 Å². The first-order valence-electron chi connectivity index (χ1n) is 3.10. The summed E-state index contributed by atoms with van der Waals surface area (Å²) in [6.07, 6.45) is -13.4. The summed E-state index contributed by atoms with van der Waals surface area (Å²) in [5, 5.41) is 16.0. The maximum atomic E-state index is 12.2. The summed E-state index contributed by atoms with van der Waals surface area (Å²) in [6, 6.07) is 0.712. The van der Waals surface area contributed by atoms with Gasteiger partial charge in [0, 0.05) is 0 Å². The molecule has 1 unspecified atom stereocenters. The largest absolute Gasteiger partial charge is 0.543 e. The first-order valence-corrected chi connectivity index (χ1v) is 3.10. The van der Waals surface area contributed by atoms with Crippen LogP contribution in [0.25, 0.3) is 0 Å². The molecule has 0 fully saturated rings. The highest BCUT2D eigenvalue weighted by molar-refractivity contribution is 4.73. The van der Waals surface area contributed by atoms with Crippen molar-refractivity contribution < 1.29 is 46.0 Å². The van der Waals surface area contributed by atoms with Crippen molar-refractivity contribution in [2.24, 2.45) is 0 Å². The van der Waals surface area contributed by atoms with Crippen LogP contribution in [0.15, 0.2) is 0 Å². The Kier molecular flexibility index (Phi) is 4.90. The zero-order valence-corrected chi connectivity index (χ0v) is 6.91. The molecule has 0 aliphatic heterocycles. The van der Waals surface area contributed by atoms with Crippen molar-refractivity contribution in [2.75, 3.05) is 0 Å². The molecule has 1 atom stereocenters. The van der Waals surface area contributed by atoms with Gasteiger partial charge in [-0.3, -0.25) is 4.74 Å². The molecule has 0 aliphatic rings. The molecule has 0 rings (SSSR count). The summed E-state index contributed by atoms with van der Waals surface area (Å²) in [6.45, 7) is 0. The molecule has 12 heteroatoms. The molecule has 94 valence electrons. The maximum Gasteiger partial charge on any atom is 0.543 e. The van der Waals surface area contributed by atoms with Gasteiger partial charge in [-0.15, -0.1) is 31.6 Å². The van der Waals surface area contributed by atoms with Gasteiger partial charge in [0.25, 0.3) is 6.29 Å². The van der Waals surface area contributed by atoms with Crippen molar-refractivity contribution in [1.29, 1.82) is 5.26 Å². The fourth-order valence-electron chi connectivity index (χ4n) is 0.361. The Morgan fingerprint density at radius 3 is 2.06 bits per heavy atom. The van der Waals surface area contributed by atoms with E-state index in [1.807, 2.05) is 0 Å². The molecule has 0 saturated carbocycles.